The number of guanidine groups is 1. The van der Waals surface area contributed by atoms with E-state index in [1.165, 1.54) is 6.42 Å². The van der Waals surface area contributed by atoms with Gasteiger partial charge in [0.05, 0.1) is 0 Å². The minimum atomic E-state index is 0.423. The summed E-state index contributed by atoms with van der Waals surface area (Å²) in [7, 11) is 8.15. The lowest BCUT2D eigenvalue weighted by molar-refractivity contribution is 0.225. The van der Waals surface area contributed by atoms with Crippen LogP contribution in [-0.4, -0.2) is 50.5 Å². The van der Waals surface area contributed by atoms with E-state index in [0.717, 1.165) is 24.8 Å². The molecule has 17 heavy (non-hydrogen) atoms. The molecule has 0 saturated carbocycles. The lowest BCUT2D eigenvalue weighted by Gasteiger charge is -2.29. The Labute approximate surface area is 108 Å². The second-order valence-electron chi connectivity index (χ2n) is 6.22. The molecule has 0 aliphatic carbocycles. The van der Waals surface area contributed by atoms with Crippen LogP contribution in [0.5, 0.6) is 0 Å². The highest BCUT2D eigenvalue weighted by atomic mass is 15.3. The summed E-state index contributed by atoms with van der Waals surface area (Å²) in [5, 5.41) is 0. The van der Waals surface area contributed by atoms with Gasteiger partial charge in [0.15, 0.2) is 5.96 Å². The molecule has 0 atom stereocenters. The van der Waals surface area contributed by atoms with Crippen LogP contribution in [0, 0.1) is 11.3 Å². The number of nitrogens with zero attached hydrogens (tertiary/aromatic N) is 3. The van der Waals surface area contributed by atoms with Crippen molar-refractivity contribution in [1.29, 1.82) is 0 Å². The molecule has 3 nitrogen and oxygen atoms in total. The molecule has 0 spiro atoms. The van der Waals surface area contributed by atoms with Crippen LogP contribution in [0.1, 0.15) is 40.5 Å². The zero-order valence-electron chi connectivity index (χ0n) is 13.0. The highest BCUT2D eigenvalue weighted by Gasteiger charge is 2.21. The van der Waals surface area contributed by atoms with Gasteiger partial charge in [-0.05, 0) is 24.2 Å². The van der Waals surface area contributed by atoms with Crippen LogP contribution in [0.2, 0.25) is 0 Å². The fraction of sp³-hybridized carbons (Fsp3) is 0.929. The summed E-state index contributed by atoms with van der Waals surface area (Å²) in [6.07, 6.45) is 2.40. The summed E-state index contributed by atoms with van der Waals surface area (Å²) in [5.41, 5.74) is 0.423. The topological polar surface area (TPSA) is 18.8 Å². The Morgan fingerprint density at radius 2 is 1.53 bits per heavy atom. The zero-order chi connectivity index (χ0) is 13.6. The molecule has 0 amide bonds. The fourth-order valence-electron chi connectivity index (χ4n) is 1.69. The van der Waals surface area contributed by atoms with Crippen molar-refractivity contribution < 1.29 is 0 Å². The van der Waals surface area contributed by atoms with Crippen molar-refractivity contribution in [2.24, 2.45) is 16.3 Å². The van der Waals surface area contributed by atoms with Gasteiger partial charge < -0.3 is 9.80 Å². The minimum Gasteiger partial charge on any atom is -0.349 e. The second-order valence-corrected chi connectivity index (χ2v) is 6.22. The average molecular weight is 241 g/mol. The van der Waals surface area contributed by atoms with Crippen molar-refractivity contribution in [3.8, 4) is 0 Å². The van der Waals surface area contributed by atoms with Crippen LogP contribution in [0.4, 0.5) is 0 Å². The molecule has 0 unspecified atom stereocenters. The van der Waals surface area contributed by atoms with Gasteiger partial charge in [0, 0.05) is 34.7 Å². The third-order valence-corrected chi connectivity index (χ3v) is 3.60. The molecule has 0 aliphatic rings. The lowest BCUT2D eigenvalue weighted by atomic mass is 9.77. The van der Waals surface area contributed by atoms with Crippen LogP contribution in [0.25, 0.3) is 0 Å². The molecule has 102 valence electrons. The van der Waals surface area contributed by atoms with E-state index < -0.39 is 0 Å². The van der Waals surface area contributed by atoms with Gasteiger partial charge in [0.2, 0.25) is 0 Å². The van der Waals surface area contributed by atoms with E-state index in [0.29, 0.717) is 5.41 Å². The molecule has 0 fully saturated rings. The normalized spacial score (nSPS) is 11.6. The van der Waals surface area contributed by atoms with Gasteiger partial charge in [0.25, 0.3) is 0 Å². The number of rotatable bonds is 5. The summed E-state index contributed by atoms with van der Waals surface area (Å²) in [5.74, 6) is 1.78. The molecule has 3 heteroatoms. The molecule has 0 saturated heterocycles. The Morgan fingerprint density at radius 3 is 1.88 bits per heavy atom. The van der Waals surface area contributed by atoms with E-state index in [9.17, 15) is 0 Å². The number of aliphatic imine (C=N–C) groups is 1. The summed E-state index contributed by atoms with van der Waals surface area (Å²) in [6.45, 7) is 10.2. The van der Waals surface area contributed by atoms with Crippen LogP contribution >= 0.6 is 0 Å². The van der Waals surface area contributed by atoms with Gasteiger partial charge in [-0.1, -0.05) is 27.7 Å². The van der Waals surface area contributed by atoms with Gasteiger partial charge in [0.1, 0.15) is 0 Å². The molecule has 0 radical (unpaired) electrons. The third-order valence-electron chi connectivity index (χ3n) is 3.60. The summed E-state index contributed by atoms with van der Waals surface area (Å²) < 4.78 is 0. The van der Waals surface area contributed by atoms with E-state index in [1.807, 2.05) is 28.2 Å². The van der Waals surface area contributed by atoms with Crippen molar-refractivity contribution in [3.63, 3.8) is 0 Å². The van der Waals surface area contributed by atoms with Crippen molar-refractivity contribution in [1.82, 2.24) is 9.80 Å². The van der Waals surface area contributed by atoms with Crippen molar-refractivity contribution in [3.05, 3.63) is 0 Å². The van der Waals surface area contributed by atoms with Gasteiger partial charge in [-0.3, -0.25) is 4.99 Å². The Hall–Kier alpha value is -0.730. The summed E-state index contributed by atoms with van der Waals surface area (Å²) >= 11 is 0. The molecule has 0 aromatic carbocycles. The number of hydrogen-bond acceptors (Lipinski definition) is 1. The van der Waals surface area contributed by atoms with Crippen LogP contribution in [0.3, 0.4) is 0 Å². The third kappa shape index (κ3) is 5.94. The predicted molar refractivity (Wildman–Crippen MR) is 77.5 cm³/mol. The van der Waals surface area contributed by atoms with Gasteiger partial charge in [-0.2, -0.15) is 0 Å². The van der Waals surface area contributed by atoms with E-state index in [-0.39, 0.29) is 0 Å². The molecule has 0 aromatic heterocycles. The first-order chi connectivity index (χ1) is 7.68. The Bertz CT molecular complexity index is 230. The van der Waals surface area contributed by atoms with Crippen molar-refractivity contribution >= 4 is 5.96 Å². The van der Waals surface area contributed by atoms with Gasteiger partial charge in [-0.15, -0.1) is 0 Å². The minimum absolute atomic E-state index is 0.423. The molecule has 0 rings (SSSR count). The lowest BCUT2D eigenvalue weighted by Crippen LogP contribution is -2.35. The molecule has 0 aromatic rings. The Morgan fingerprint density at radius 1 is 1.06 bits per heavy atom. The fourth-order valence-corrected chi connectivity index (χ4v) is 1.69. The largest absolute Gasteiger partial charge is 0.349 e. The van der Waals surface area contributed by atoms with E-state index in [1.54, 1.807) is 0 Å². The molecule has 0 N–H and O–H groups in total. The molecule has 0 bridgehead atoms. The van der Waals surface area contributed by atoms with E-state index in [4.69, 9.17) is 0 Å². The first-order valence-corrected chi connectivity index (χ1v) is 6.57. The van der Waals surface area contributed by atoms with Crippen LogP contribution in [0.15, 0.2) is 4.99 Å². The average Bonchev–Trinajstić information content (AvgIpc) is 2.15. The maximum atomic E-state index is 4.65. The maximum absolute atomic E-state index is 4.65. The molecule has 0 aliphatic heterocycles. The van der Waals surface area contributed by atoms with Crippen molar-refractivity contribution in [2.45, 2.75) is 40.5 Å². The monoisotopic (exact) mass is 241 g/mol. The Kier molecular flexibility index (Phi) is 6.58. The number of hydrogen-bond donors (Lipinski definition) is 0. The van der Waals surface area contributed by atoms with E-state index in [2.05, 4.69) is 42.5 Å². The maximum Gasteiger partial charge on any atom is 0.195 e. The molecule has 0 heterocycles. The first-order valence-electron chi connectivity index (χ1n) is 6.57. The smallest absolute Gasteiger partial charge is 0.195 e. The second kappa shape index (κ2) is 6.87. The zero-order valence-corrected chi connectivity index (χ0v) is 13.0. The predicted octanol–water partition coefficient (Wildman–Crippen LogP) is 2.93. The SMILES string of the molecule is CC(C)C(C)(C)CCCN=C(N(C)C)N(C)C. The van der Waals surface area contributed by atoms with Crippen molar-refractivity contribution in [2.75, 3.05) is 34.7 Å². The van der Waals surface area contributed by atoms with Gasteiger partial charge >= 0.3 is 0 Å². The first kappa shape index (κ1) is 16.3. The van der Waals surface area contributed by atoms with E-state index >= 15 is 0 Å². The highest BCUT2D eigenvalue weighted by Crippen LogP contribution is 2.31. The standard InChI is InChI=1S/C14H31N3/c1-12(2)14(3,4)10-9-11-15-13(16(5)6)17(7)8/h12H,9-11H2,1-8H3. The quantitative estimate of drug-likeness (QED) is 0.419. The molecular weight excluding hydrogens is 210 g/mol. The van der Waals surface area contributed by atoms with Gasteiger partial charge in [-0.25, -0.2) is 0 Å². The van der Waals surface area contributed by atoms with Crippen LogP contribution in [-0.2, 0) is 0 Å². The summed E-state index contributed by atoms with van der Waals surface area (Å²) in [6, 6.07) is 0. The Balaban J connectivity index is 4.17. The summed E-state index contributed by atoms with van der Waals surface area (Å²) in [4.78, 5) is 8.78. The highest BCUT2D eigenvalue weighted by molar-refractivity contribution is 5.79. The van der Waals surface area contributed by atoms with Crippen LogP contribution < -0.4 is 0 Å². The molecular formula is C14H31N3.